The van der Waals surface area contributed by atoms with Crippen molar-refractivity contribution in [2.24, 2.45) is 0 Å². The zero-order chi connectivity index (χ0) is 13.0. The number of rotatable bonds is 4. The van der Waals surface area contributed by atoms with Crippen molar-refractivity contribution in [2.45, 2.75) is 6.54 Å². The van der Waals surface area contributed by atoms with Crippen LogP contribution in [-0.4, -0.2) is 7.11 Å². The number of nitrogens with one attached hydrogen (secondary N) is 1. The highest BCUT2D eigenvalue weighted by molar-refractivity contribution is 5.45. The molecule has 0 fully saturated rings. The van der Waals surface area contributed by atoms with Crippen LogP contribution in [0.15, 0.2) is 42.5 Å². The first kappa shape index (κ1) is 12.4. The van der Waals surface area contributed by atoms with Crippen LogP contribution in [0.25, 0.3) is 0 Å². The standard InChI is InChI=1S/C14H13F2NO/c1-18-13-8-4-5-10(14(13)16)9-17-12-7-3-2-6-11(12)15/h2-8,17H,9H2,1H3. The molecule has 0 aliphatic rings. The molecule has 0 amide bonds. The van der Waals surface area contributed by atoms with Gasteiger partial charge in [0, 0.05) is 12.1 Å². The minimum Gasteiger partial charge on any atom is -0.494 e. The second-order valence-electron chi connectivity index (χ2n) is 3.77. The summed E-state index contributed by atoms with van der Waals surface area (Å²) in [6.07, 6.45) is 0. The number of halogens is 2. The van der Waals surface area contributed by atoms with Gasteiger partial charge in [0.1, 0.15) is 5.82 Å². The van der Waals surface area contributed by atoms with Gasteiger partial charge in [-0.2, -0.15) is 0 Å². The normalized spacial score (nSPS) is 10.2. The fraction of sp³-hybridized carbons (Fsp3) is 0.143. The van der Waals surface area contributed by atoms with Crippen LogP contribution in [0, 0.1) is 11.6 Å². The smallest absolute Gasteiger partial charge is 0.170 e. The first-order valence-corrected chi connectivity index (χ1v) is 5.52. The zero-order valence-electron chi connectivity index (χ0n) is 9.91. The Morgan fingerprint density at radius 3 is 2.56 bits per heavy atom. The molecule has 0 aliphatic carbocycles. The summed E-state index contributed by atoms with van der Waals surface area (Å²) in [4.78, 5) is 0. The van der Waals surface area contributed by atoms with E-state index in [1.54, 1.807) is 36.4 Å². The third-order valence-electron chi connectivity index (χ3n) is 2.61. The second kappa shape index (κ2) is 5.49. The molecule has 0 spiro atoms. The minimum atomic E-state index is -0.427. The van der Waals surface area contributed by atoms with Crippen LogP contribution < -0.4 is 10.1 Å². The lowest BCUT2D eigenvalue weighted by atomic mass is 10.2. The highest BCUT2D eigenvalue weighted by Gasteiger charge is 2.08. The number of benzene rings is 2. The maximum Gasteiger partial charge on any atom is 0.170 e. The fourth-order valence-electron chi connectivity index (χ4n) is 1.65. The molecular formula is C14H13F2NO. The summed E-state index contributed by atoms with van der Waals surface area (Å²) >= 11 is 0. The number of hydrogen-bond acceptors (Lipinski definition) is 2. The van der Waals surface area contributed by atoms with Gasteiger partial charge in [-0.25, -0.2) is 8.78 Å². The number of para-hydroxylation sites is 1. The van der Waals surface area contributed by atoms with Crippen molar-refractivity contribution in [3.63, 3.8) is 0 Å². The Kier molecular flexibility index (Phi) is 3.77. The molecule has 2 aromatic rings. The molecule has 0 bridgehead atoms. The van der Waals surface area contributed by atoms with E-state index in [0.29, 0.717) is 11.3 Å². The summed E-state index contributed by atoms with van der Waals surface area (Å²) < 4.78 is 32.1. The Bertz CT molecular complexity index is 543. The molecule has 2 aromatic carbocycles. The van der Waals surface area contributed by atoms with Crippen molar-refractivity contribution < 1.29 is 13.5 Å². The summed E-state index contributed by atoms with van der Waals surface area (Å²) in [5.41, 5.74) is 0.775. The first-order valence-electron chi connectivity index (χ1n) is 5.52. The Hall–Kier alpha value is -2.10. The Morgan fingerprint density at radius 2 is 1.83 bits per heavy atom. The molecule has 2 rings (SSSR count). The van der Waals surface area contributed by atoms with Crippen LogP contribution in [0.4, 0.5) is 14.5 Å². The van der Waals surface area contributed by atoms with Gasteiger partial charge in [0.05, 0.1) is 12.8 Å². The third kappa shape index (κ3) is 2.59. The average Bonchev–Trinajstić information content (AvgIpc) is 2.39. The van der Waals surface area contributed by atoms with E-state index in [2.05, 4.69) is 5.32 Å². The third-order valence-corrected chi connectivity index (χ3v) is 2.61. The fourth-order valence-corrected chi connectivity index (χ4v) is 1.65. The van der Waals surface area contributed by atoms with Crippen molar-refractivity contribution in [1.82, 2.24) is 0 Å². The summed E-state index contributed by atoms with van der Waals surface area (Å²) in [7, 11) is 1.41. The van der Waals surface area contributed by atoms with Crippen LogP contribution in [-0.2, 0) is 6.54 Å². The van der Waals surface area contributed by atoms with Gasteiger partial charge in [0.25, 0.3) is 0 Å². The molecule has 0 unspecified atom stereocenters. The van der Waals surface area contributed by atoms with Gasteiger partial charge in [0.2, 0.25) is 0 Å². The van der Waals surface area contributed by atoms with Crippen molar-refractivity contribution >= 4 is 5.69 Å². The monoisotopic (exact) mass is 249 g/mol. The Balaban J connectivity index is 2.14. The second-order valence-corrected chi connectivity index (χ2v) is 3.77. The molecule has 1 N–H and O–H groups in total. The first-order chi connectivity index (χ1) is 8.72. The van der Waals surface area contributed by atoms with Gasteiger partial charge in [-0.05, 0) is 18.2 Å². The number of ether oxygens (including phenoxy) is 1. The van der Waals surface area contributed by atoms with Crippen LogP contribution in [0.1, 0.15) is 5.56 Å². The molecule has 0 atom stereocenters. The van der Waals surface area contributed by atoms with Gasteiger partial charge < -0.3 is 10.1 Å². The van der Waals surface area contributed by atoms with Crippen molar-refractivity contribution in [3.05, 3.63) is 59.7 Å². The van der Waals surface area contributed by atoms with Crippen molar-refractivity contribution in [2.75, 3.05) is 12.4 Å². The molecule has 0 aromatic heterocycles. The van der Waals surface area contributed by atoms with E-state index in [1.165, 1.54) is 13.2 Å². The summed E-state index contributed by atoms with van der Waals surface area (Å²) in [5, 5.41) is 2.85. The van der Waals surface area contributed by atoms with Crippen molar-refractivity contribution in [1.29, 1.82) is 0 Å². The van der Waals surface area contributed by atoms with Crippen molar-refractivity contribution in [3.8, 4) is 5.75 Å². The lowest BCUT2D eigenvalue weighted by molar-refractivity contribution is 0.384. The molecule has 4 heteroatoms. The maximum atomic E-state index is 13.8. The molecule has 94 valence electrons. The molecular weight excluding hydrogens is 236 g/mol. The Morgan fingerprint density at radius 1 is 1.06 bits per heavy atom. The average molecular weight is 249 g/mol. The molecule has 0 saturated heterocycles. The van der Waals surface area contributed by atoms with E-state index in [0.717, 1.165) is 0 Å². The largest absolute Gasteiger partial charge is 0.494 e. The zero-order valence-corrected chi connectivity index (χ0v) is 9.91. The summed E-state index contributed by atoms with van der Waals surface area (Å²) in [6, 6.07) is 11.1. The quantitative estimate of drug-likeness (QED) is 0.894. The molecule has 0 saturated carbocycles. The predicted molar refractivity (Wildman–Crippen MR) is 66.7 cm³/mol. The summed E-state index contributed by atoms with van der Waals surface area (Å²) in [5.74, 6) is -0.604. The van der Waals surface area contributed by atoms with Gasteiger partial charge >= 0.3 is 0 Å². The molecule has 0 radical (unpaired) electrons. The van der Waals surface area contributed by atoms with Gasteiger partial charge in [0.15, 0.2) is 11.6 Å². The number of anilines is 1. The minimum absolute atomic E-state index is 0.183. The van der Waals surface area contributed by atoms with E-state index >= 15 is 0 Å². The van der Waals surface area contributed by atoms with E-state index < -0.39 is 5.82 Å². The highest BCUT2D eigenvalue weighted by atomic mass is 19.1. The van der Waals surface area contributed by atoms with Crippen LogP contribution in [0.3, 0.4) is 0 Å². The molecule has 2 nitrogen and oxygen atoms in total. The van der Waals surface area contributed by atoms with Gasteiger partial charge in [-0.1, -0.05) is 24.3 Å². The van der Waals surface area contributed by atoms with E-state index in [9.17, 15) is 8.78 Å². The molecule has 18 heavy (non-hydrogen) atoms. The van der Waals surface area contributed by atoms with E-state index in [1.807, 2.05) is 0 Å². The maximum absolute atomic E-state index is 13.8. The SMILES string of the molecule is COc1cccc(CNc2ccccc2F)c1F. The van der Waals surface area contributed by atoms with E-state index in [-0.39, 0.29) is 18.1 Å². The Labute approximate surface area is 104 Å². The molecule has 0 aliphatic heterocycles. The number of methoxy groups -OCH3 is 1. The molecule has 0 heterocycles. The number of hydrogen-bond donors (Lipinski definition) is 1. The highest BCUT2D eigenvalue weighted by Crippen LogP contribution is 2.21. The van der Waals surface area contributed by atoms with E-state index in [4.69, 9.17) is 4.74 Å². The predicted octanol–water partition coefficient (Wildman–Crippen LogP) is 3.59. The van der Waals surface area contributed by atoms with Gasteiger partial charge in [-0.3, -0.25) is 0 Å². The van der Waals surface area contributed by atoms with Crippen LogP contribution in [0.5, 0.6) is 5.75 Å². The summed E-state index contributed by atoms with van der Waals surface area (Å²) in [6.45, 7) is 0.198. The lowest BCUT2D eigenvalue weighted by Gasteiger charge is -2.10. The van der Waals surface area contributed by atoms with Crippen LogP contribution >= 0.6 is 0 Å². The lowest BCUT2D eigenvalue weighted by Crippen LogP contribution is -2.04. The van der Waals surface area contributed by atoms with Crippen LogP contribution in [0.2, 0.25) is 0 Å². The van der Waals surface area contributed by atoms with Gasteiger partial charge in [-0.15, -0.1) is 0 Å². The topological polar surface area (TPSA) is 21.3 Å².